The molecule has 2 rings (SSSR count). The van der Waals surface area contributed by atoms with Gasteiger partial charge in [-0.15, -0.1) is 0 Å². The van der Waals surface area contributed by atoms with Crippen LogP contribution in [-0.4, -0.2) is 14.8 Å². The quantitative estimate of drug-likeness (QED) is 0.791. The highest BCUT2D eigenvalue weighted by atomic mass is 79.9. The Labute approximate surface area is 105 Å². The molecule has 2 aromatic heterocycles. The van der Waals surface area contributed by atoms with Gasteiger partial charge in [-0.3, -0.25) is 0 Å². The van der Waals surface area contributed by atoms with E-state index >= 15 is 0 Å². The van der Waals surface area contributed by atoms with Crippen LogP contribution in [0.2, 0.25) is 0 Å². The molecule has 2 aromatic rings. The molecule has 0 saturated carbocycles. The van der Waals surface area contributed by atoms with Crippen LogP contribution in [-0.2, 0) is 5.33 Å². The topological polar surface area (TPSA) is 30.7 Å². The second-order valence-electron chi connectivity index (χ2n) is 3.22. The maximum atomic E-state index is 4.38. The Balaban J connectivity index is 2.45. The number of pyridine rings is 1. The van der Waals surface area contributed by atoms with Crippen molar-refractivity contribution >= 4 is 31.9 Å². The van der Waals surface area contributed by atoms with Crippen LogP contribution in [0, 0.1) is 6.92 Å². The van der Waals surface area contributed by atoms with Crippen LogP contribution in [0.5, 0.6) is 0 Å². The number of aryl methyl sites for hydroxylation is 1. The Hall–Kier alpha value is -0.680. The molecule has 0 fully saturated rings. The van der Waals surface area contributed by atoms with Crippen LogP contribution in [0.3, 0.4) is 0 Å². The maximum absolute atomic E-state index is 4.38. The summed E-state index contributed by atoms with van der Waals surface area (Å²) in [6, 6.07) is 2.10. The second-order valence-corrected chi connectivity index (χ2v) is 4.70. The molecule has 0 amide bonds. The fourth-order valence-electron chi connectivity index (χ4n) is 1.36. The summed E-state index contributed by atoms with van der Waals surface area (Å²) in [7, 11) is 0. The van der Waals surface area contributed by atoms with E-state index < -0.39 is 0 Å². The van der Waals surface area contributed by atoms with E-state index in [9.17, 15) is 0 Å². The van der Waals surface area contributed by atoms with Crippen molar-refractivity contribution in [1.82, 2.24) is 14.8 Å². The largest absolute Gasteiger partial charge is 0.237 e. The van der Waals surface area contributed by atoms with Gasteiger partial charge in [0.2, 0.25) is 0 Å². The van der Waals surface area contributed by atoms with Crippen LogP contribution in [0.15, 0.2) is 29.1 Å². The van der Waals surface area contributed by atoms with Crippen LogP contribution >= 0.6 is 31.9 Å². The summed E-state index contributed by atoms with van der Waals surface area (Å²) >= 11 is 6.77. The number of hydrogen-bond donors (Lipinski definition) is 0. The number of halogens is 2. The number of nitrogens with zero attached hydrogens (tertiary/aromatic N) is 3. The maximum Gasteiger partial charge on any atom is 0.156 e. The highest BCUT2D eigenvalue weighted by molar-refractivity contribution is 9.10. The van der Waals surface area contributed by atoms with Gasteiger partial charge >= 0.3 is 0 Å². The molecule has 0 N–H and O–H groups in total. The Morgan fingerprint density at radius 3 is 2.73 bits per heavy atom. The van der Waals surface area contributed by atoms with Crippen LogP contribution < -0.4 is 0 Å². The molecule has 0 aromatic carbocycles. The molecule has 0 spiro atoms. The normalized spacial score (nSPS) is 10.6. The van der Waals surface area contributed by atoms with Crippen molar-refractivity contribution < 1.29 is 0 Å². The molecular formula is C10H9Br2N3. The van der Waals surface area contributed by atoms with E-state index in [0.29, 0.717) is 0 Å². The van der Waals surface area contributed by atoms with Gasteiger partial charge in [-0.1, -0.05) is 15.9 Å². The summed E-state index contributed by atoms with van der Waals surface area (Å²) < 4.78 is 2.71. The van der Waals surface area contributed by atoms with Gasteiger partial charge in [-0.2, -0.15) is 5.10 Å². The molecular weight excluding hydrogens is 322 g/mol. The van der Waals surface area contributed by atoms with Gasteiger partial charge in [0.1, 0.15) is 0 Å². The highest BCUT2D eigenvalue weighted by Crippen LogP contribution is 2.16. The summed E-state index contributed by atoms with van der Waals surface area (Å²) in [5, 5.41) is 5.02. The Morgan fingerprint density at radius 1 is 1.40 bits per heavy atom. The second kappa shape index (κ2) is 4.45. The molecule has 3 nitrogen and oxygen atoms in total. The van der Waals surface area contributed by atoms with Gasteiger partial charge in [-0.25, -0.2) is 9.67 Å². The van der Waals surface area contributed by atoms with E-state index in [2.05, 4.69) is 48.0 Å². The summed E-state index contributed by atoms with van der Waals surface area (Å²) in [6.07, 6.45) is 5.50. The van der Waals surface area contributed by atoms with Gasteiger partial charge in [0.05, 0.1) is 10.7 Å². The van der Waals surface area contributed by atoms with Crippen molar-refractivity contribution in [2.24, 2.45) is 0 Å². The molecule has 15 heavy (non-hydrogen) atoms. The van der Waals surface area contributed by atoms with E-state index in [4.69, 9.17) is 0 Å². The number of alkyl halides is 1. The molecule has 5 heteroatoms. The number of aromatic nitrogens is 3. The van der Waals surface area contributed by atoms with E-state index in [1.165, 1.54) is 5.56 Å². The Bertz CT molecular complexity index is 479. The Morgan fingerprint density at radius 2 is 2.20 bits per heavy atom. The first kappa shape index (κ1) is 10.8. The molecule has 2 heterocycles. The van der Waals surface area contributed by atoms with Gasteiger partial charge in [0, 0.05) is 17.7 Å². The molecule has 0 aliphatic carbocycles. The summed E-state index contributed by atoms with van der Waals surface area (Å²) in [6.45, 7) is 2.03. The lowest BCUT2D eigenvalue weighted by molar-refractivity contribution is 0.836. The van der Waals surface area contributed by atoms with Crippen molar-refractivity contribution in [2.75, 3.05) is 0 Å². The lowest BCUT2D eigenvalue weighted by Gasteiger charge is -2.05. The van der Waals surface area contributed by atoms with Gasteiger partial charge in [0.25, 0.3) is 0 Å². The average molecular weight is 331 g/mol. The third-order valence-corrected chi connectivity index (χ3v) is 3.09. The first-order valence-electron chi connectivity index (χ1n) is 4.42. The van der Waals surface area contributed by atoms with E-state index in [1.807, 2.05) is 19.3 Å². The SMILES string of the molecule is Cc1cc(CBr)cnc1-n1cc(Br)cn1. The third-order valence-electron chi connectivity index (χ3n) is 2.03. The monoisotopic (exact) mass is 329 g/mol. The minimum Gasteiger partial charge on any atom is -0.237 e. The van der Waals surface area contributed by atoms with Crippen molar-refractivity contribution in [2.45, 2.75) is 12.3 Å². The zero-order chi connectivity index (χ0) is 10.8. The molecule has 0 aliphatic rings. The Kier molecular flexibility index (Phi) is 3.21. The molecule has 0 saturated heterocycles. The zero-order valence-electron chi connectivity index (χ0n) is 8.11. The summed E-state index contributed by atoms with van der Waals surface area (Å²) in [4.78, 5) is 4.38. The van der Waals surface area contributed by atoms with Gasteiger partial charge in [-0.05, 0) is 40.0 Å². The third kappa shape index (κ3) is 2.29. The van der Waals surface area contributed by atoms with Crippen molar-refractivity contribution in [1.29, 1.82) is 0 Å². The minimum absolute atomic E-state index is 0.823. The molecule has 0 bridgehead atoms. The van der Waals surface area contributed by atoms with E-state index in [0.717, 1.165) is 21.2 Å². The van der Waals surface area contributed by atoms with Gasteiger partial charge in [0.15, 0.2) is 5.82 Å². The summed E-state index contributed by atoms with van der Waals surface area (Å²) in [5.74, 6) is 0.866. The number of hydrogen-bond acceptors (Lipinski definition) is 2. The number of rotatable bonds is 2. The van der Waals surface area contributed by atoms with E-state index in [1.54, 1.807) is 10.9 Å². The minimum atomic E-state index is 0.823. The molecule has 0 atom stereocenters. The predicted octanol–water partition coefficient (Wildman–Crippen LogP) is 3.23. The average Bonchev–Trinajstić information content (AvgIpc) is 2.64. The standard InChI is InChI=1S/C10H9Br2N3/c1-7-2-8(3-11)4-13-10(7)15-6-9(12)5-14-15/h2,4-6H,3H2,1H3. The first-order chi connectivity index (χ1) is 7.20. The fourth-order valence-corrected chi connectivity index (χ4v) is 1.95. The van der Waals surface area contributed by atoms with Crippen molar-refractivity contribution in [3.8, 4) is 5.82 Å². The van der Waals surface area contributed by atoms with E-state index in [-0.39, 0.29) is 0 Å². The van der Waals surface area contributed by atoms with Crippen molar-refractivity contribution in [3.63, 3.8) is 0 Å². The van der Waals surface area contributed by atoms with Crippen LogP contribution in [0.25, 0.3) is 5.82 Å². The van der Waals surface area contributed by atoms with Crippen LogP contribution in [0.1, 0.15) is 11.1 Å². The fraction of sp³-hybridized carbons (Fsp3) is 0.200. The highest BCUT2D eigenvalue weighted by Gasteiger charge is 2.04. The molecule has 0 radical (unpaired) electrons. The molecule has 0 unspecified atom stereocenters. The summed E-state index contributed by atoms with van der Waals surface area (Å²) in [5.41, 5.74) is 2.28. The lowest BCUT2D eigenvalue weighted by Crippen LogP contribution is -2.01. The molecule has 78 valence electrons. The van der Waals surface area contributed by atoms with Gasteiger partial charge < -0.3 is 0 Å². The van der Waals surface area contributed by atoms with Crippen molar-refractivity contribution in [3.05, 3.63) is 40.3 Å². The smallest absolute Gasteiger partial charge is 0.156 e. The lowest BCUT2D eigenvalue weighted by atomic mass is 10.2. The predicted molar refractivity (Wildman–Crippen MR) is 66.4 cm³/mol. The molecule has 0 aliphatic heterocycles. The van der Waals surface area contributed by atoms with Crippen LogP contribution in [0.4, 0.5) is 0 Å². The first-order valence-corrected chi connectivity index (χ1v) is 6.34. The zero-order valence-corrected chi connectivity index (χ0v) is 11.3.